The number of hydrogen-bond acceptors (Lipinski definition) is 1. The van der Waals surface area contributed by atoms with Gasteiger partial charge < -0.3 is 0 Å². The Bertz CT molecular complexity index is 579. The van der Waals surface area contributed by atoms with E-state index in [-0.39, 0.29) is 11.1 Å². The normalized spacial score (nSPS) is 12.8. The number of alkyl halides is 1. The van der Waals surface area contributed by atoms with E-state index in [1.807, 2.05) is 0 Å². The summed E-state index contributed by atoms with van der Waals surface area (Å²) in [5.74, 6) is -0.943. The number of hydrogen-bond donors (Lipinski definition) is 0. The quantitative estimate of drug-likeness (QED) is 0.512. The van der Waals surface area contributed by atoms with Crippen molar-refractivity contribution < 1.29 is 8.78 Å². The number of thiophene rings is 1. The molecular formula is C12H7Br2ClF2S. The minimum absolute atomic E-state index is 0.154. The molecule has 1 aromatic heterocycles. The van der Waals surface area contributed by atoms with Crippen LogP contribution in [-0.4, -0.2) is 0 Å². The molecule has 0 amide bonds. The van der Waals surface area contributed by atoms with Crippen LogP contribution < -0.4 is 0 Å². The van der Waals surface area contributed by atoms with Crippen molar-refractivity contribution in [2.75, 3.05) is 0 Å². The molecule has 0 saturated carbocycles. The molecule has 0 aliphatic heterocycles. The van der Waals surface area contributed by atoms with E-state index in [0.717, 1.165) is 25.3 Å². The maximum Gasteiger partial charge on any atom is 0.128 e. The fourth-order valence-corrected chi connectivity index (χ4v) is 3.95. The zero-order chi connectivity index (χ0) is 13.4. The Morgan fingerprint density at radius 3 is 2.39 bits per heavy atom. The lowest BCUT2D eigenvalue weighted by molar-refractivity contribution is 0.581. The number of halogens is 5. The summed E-state index contributed by atoms with van der Waals surface area (Å²) in [5, 5.41) is -0.701. The van der Waals surface area contributed by atoms with Crippen molar-refractivity contribution in [3.8, 4) is 0 Å². The molecule has 0 N–H and O–H groups in total. The van der Waals surface area contributed by atoms with Gasteiger partial charge in [0.25, 0.3) is 0 Å². The topological polar surface area (TPSA) is 0 Å². The van der Waals surface area contributed by atoms with Gasteiger partial charge in [0.15, 0.2) is 0 Å². The van der Waals surface area contributed by atoms with Crippen molar-refractivity contribution >= 4 is 54.8 Å². The summed E-state index contributed by atoms with van der Waals surface area (Å²) in [5.41, 5.74) is 0.426. The summed E-state index contributed by atoms with van der Waals surface area (Å²) in [6.07, 6.45) is 0. The zero-order valence-electron chi connectivity index (χ0n) is 9.11. The van der Waals surface area contributed by atoms with Gasteiger partial charge in [-0.15, -0.1) is 22.9 Å². The van der Waals surface area contributed by atoms with Crippen molar-refractivity contribution in [3.05, 3.63) is 54.1 Å². The zero-order valence-corrected chi connectivity index (χ0v) is 13.9. The third-order valence-electron chi connectivity index (χ3n) is 2.47. The van der Waals surface area contributed by atoms with E-state index in [2.05, 4.69) is 31.9 Å². The van der Waals surface area contributed by atoms with Crippen LogP contribution >= 0.6 is 54.8 Å². The highest BCUT2D eigenvalue weighted by atomic mass is 79.9. The second-order valence-corrected chi connectivity index (χ2v) is 7.45. The van der Waals surface area contributed by atoms with Crippen molar-refractivity contribution in [2.45, 2.75) is 12.3 Å². The molecular weight excluding hydrogens is 409 g/mol. The third kappa shape index (κ3) is 2.79. The second-order valence-electron chi connectivity index (χ2n) is 3.76. The molecule has 2 aromatic rings. The van der Waals surface area contributed by atoms with Crippen molar-refractivity contribution in [2.24, 2.45) is 0 Å². The summed E-state index contributed by atoms with van der Waals surface area (Å²) < 4.78 is 29.0. The van der Waals surface area contributed by atoms with Crippen molar-refractivity contribution in [1.29, 1.82) is 0 Å². The van der Waals surface area contributed by atoms with Gasteiger partial charge in [0.2, 0.25) is 0 Å². The molecule has 0 fully saturated rings. The summed E-state index contributed by atoms with van der Waals surface area (Å²) in [6, 6.07) is 4.12. The fraction of sp³-hybridized carbons (Fsp3) is 0.167. The summed E-state index contributed by atoms with van der Waals surface area (Å²) in [6.45, 7) is 1.52. The minimum Gasteiger partial charge on any atom is -0.207 e. The van der Waals surface area contributed by atoms with Crippen molar-refractivity contribution in [1.82, 2.24) is 0 Å². The molecule has 1 atom stereocenters. The molecule has 0 radical (unpaired) electrons. The Morgan fingerprint density at radius 2 is 1.83 bits per heavy atom. The second kappa shape index (κ2) is 5.57. The van der Waals surface area contributed by atoms with E-state index in [9.17, 15) is 8.78 Å². The average molecular weight is 417 g/mol. The molecule has 0 bridgehead atoms. The molecule has 0 spiro atoms. The first kappa shape index (κ1) is 14.4. The van der Waals surface area contributed by atoms with E-state index in [4.69, 9.17) is 11.6 Å². The van der Waals surface area contributed by atoms with Crippen LogP contribution in [0.5, 0.6) is 0 Å². The van der Waals surface area contributed by atoms with Gasteiger partial charge in [0.1, 0.15) is 11.6 Å². The third-order valence-corrected chi connectivity index (χ3v) is 6.39. The standard InChI is InChI=1S/C12H7Br2ClF2S/c1-5-2-9(17)6(3-8(5)16)11(15)10-4-7(13)12(14)18-10/h2-4,11H,1H3. The largest absolute Gasteiger partial charge is 0.207 e. The number of aryl methyl sites for hydroxylation is 1. The monoisotopic (exact) mass is 414 g/mol. The maximum atomic E-state index is 13.8. The highest BCUT2D eigenvalue weighted by molar-refractivity contribution is 9.13. The highest BCUT2D eigenvalue weighted by Crippen LogP contribution is 2.41. The van der Waals surface area contributed by atoms with Gasteiger partial charge in [0, 0.05) is 14.9 Å². The molecule has 0 aliphatic rings. The molecule has 0 aliphatic carbocycles. The van der Waals surface area contributed by atoms with E-state index >= 15 is 0 Å². The van der Waals surface area contributed by atoms with Crippen LogP contribution in [0.3, 0.4) is 0 Å². The van der Waals surface area contributed by atoms with E-state index in [0.29, 0.717) is 0 Å². The van der Waals surface area contributed by atoms with Crippen LogP contribution in [0, 0.1) is 18.6 Å². The molecule has 1 heterocycles. The van der Waals surface area contributed by atoms with Crippen LogP contribution in [0.25, 0.3) is 0 Å². The van der Waals surface area contributed by atoms with Gasteiger partial charge in [0.05, 0.1) is 9.16 Å². The molecule has 2 rings (SSSR count). The van der Waals surface area contributed by atoms with Crippen LogP contribution in [0.1, 0.15) is 21.4 Å². The van der Waals surface area contributed by atoms with E-state index in [1.54, 1.807) is 6.07 Å². The average Bonchev–Trinajstić information content (AvgIpc) is 2.63. The lowest BCUT2D eigenvalue weighted by Gasteiger charge is -2.10. The summed E-state index contributed by atoms with van der Waals surface area (Å²) in [7, 11) is 0. The first-order valence-corrected chi connectivity index (χ1v) is 7.78. The molecule has 96 valence electrons. The van der Waals surface area contributed by atoms with Gasteiger partial charge in [-0.2, -0.15) is 0 Å². The predicted molar refractivity (Wildman–Crippen MR) is 78.5 cm³/mol. The lowest BCUT2D eigenvalue weighted by Crippen LogP contribution is -1.98. The Hall–Kier alpha value is 0.0300. The first-order chi connectivity index (χ1) is 8.40. The first-order valence-electron chi connectivity index (χ1n) is 4.94. The highest BCUT2D eigenvalue weighted by Gasteiger charge is 2.20. The van der Waals surface area contributed by atoms with E-state index in [1.165, 1.54) is 18.3 Å². The van der Waals surface area contributed by atoms with Crippen LogP contribution in [0.2, 0.25) is 0 Å². The van der Waals surface area contributed by atoms with Crippen LogP contribution in [-0.2, 0) is 0 Å². The van der Waals surface area contributed by atoms with Crippen molar-refractivity contribution in [3.63, 3.8) is 0 Å². The maximum absolute atomic E-state index is 13.8. The Morgan fingerprint density at radius 1 is 1.17 bits per heavy atom. The Labute approximate surface area is 129 Å². The van der Waals surface area contributed by atoms with Crippen LogP contribution in [0.15, 0.2) is 26.5 Å². The molecule has 1 aromatic carbocycles. The SMILES string of the molecule is Cc1cc(F)c(C(Cl)c2cc(Br)c(Br)s2)cc1F. The number of benzene rings is 1. The Balaban J connectivity index is 2.45. The summed E-state index contributed by atoms with van der Waals surface area (Å²) in [4.78, 5) is 0.748. The van der Waals surface area contributed by atoms with Gasteiger partial charge in [-0.3, -0.25) is 0 Å². The van der Waals surface area contributed by atoms with Gasteiger partial charge in [-0.05, 0) is 62.5 Å². The molecule has 1 unspecified atom stereocenters. The molecule has 0 nitrogen and oxygen atoms in total. The predicted octanol–water partition coefficient (Wildman–Crippen LogP) is 6.19. The molecule has 0 saturated heterocycles. The van der Waals surface area contributed by atoms with Gasteiger partial charge in [-0.1, -0.05) is 0 Å². The van der Waals surface area contributed by atoms with Crippen LogP contribution in [0.4, 0.5) is 8.78 Å². The minimum atomic E-state index is -0.701. The smallest absolute Gasteiger partial charge is 0.128 e. The lowest BCUT2D eigenvalue weighted by atomic mass is 10.1. The Kier molecular flexibility index (Phi) is 4.47. The fourth-order valence-electron chi connectivity index (χ4n) is 1.50. The molecule has 6 heteroatoms. The molecule has 18 heavy (non-hydrogen) atoms. The number of rotatable bonds is 2. The van der Waals surface area contributed by atoms with E-state index < -0.39 is 17.0 Å². The van der Waals surface area contributed by atoms with Gasteiger partial charge >= 0.3 is 0 Å². The summed E-state index contributed by atoms with van der Waals surface area (Å²) >= 11 is 14.3. The van der Waals surface area contributed by atoms with Gasteiger partial charge in [-0.25, -0.2) is 8.78 Å².